The quantitative estimate of drug-likeness (QED) is 0.884. The molecule has 0 spiro atoms. The standard InChI is InChI=1S/C13H12FN3OS/c1-15-13-8-5-19-6-10(8)16-12(17-13)7-2-3-11(18)9(14)4-7/h2-4,18H,5-6H2,1H3,(H,15,16,17). The van der Waals surface area contributed by atoms with Gasteiger partial charge in [-0.05, 0) is 18.2 Å². The molecule has 1 aromatic heterocycles. The van der Waals surface area contributed by atoms with E-state index in [1.807, 2.05) is 7.05 Å². The number of fused-ring (bicyclic) bond motifs is 1. The van der Waals surface area contributed by atoms with Gasteiger partial charge >= 0.3 is 0 Å². The van der Waals surface area contributed by atoms with Gasteiger partial charge in [0.2, 0.25) is 0 Å². The third-order valence-electron chi connectivity index (χ3n) is 3.02. The second-order valence-corrected chi connectivity index (χ2v) is 5.22. The van der Waals surface area contributed by atoms with E-state index < -0.39 is 5.82 Å². The molecule has 0 radical (unpaired) electrons. The number of benzene rings is 1. The zero-order valence-electron chi connectivity index (χ0n) is 10.3. The third-order valence-corrected chi connectivity index (χ3v) is 3.99. The number of hydrogen-bond acceptors (Lipinski definition) is 5. The molecule has 0 aliphatic carbocycles. The smallest absolute Gasteiger partial charge is 0.165 e. The summed E-state index contributed by atoms with van der Waals surface area (Å²) >= 11 is 1.79. The monoisotopic (exact) mass is 277 g/mol. The van der Waals surface area contributed by atoms with Crippen molar-refractivity contribution in [2.24, 2.45) is 0 Å². The molecule has 0 saturated heterocycles. The van der Waals surface area contributed by atoms with Gasteiger partial charge in [0, 0.05) is 29.7 Å². The Bertz CT molecular complexity index is 648. The van der Waals surface area contributed by atoms with Gasteiger partial charge in [0.1, 0.15) is 5.82 Å². The van der Waals surface area contributed by atoms with E-state index in [1.54, 1.807) is 17.8 Å². The summed E-state index contributed by atoms with van der Waals surface area (Å²) in [4.78, 5) is 8.90. The Balaban J connectivity index is 2.12. The van der Waals surface area contributed by atoms with Gasteiger partial charge in [0.15, 0.2) is 17.4 Å². The van der Waals surface area contributed by atoms with Crippen LogP contribution in [0.3, 0.4) is 0 Å². The Morgan fingerprint density at radius 3 is 2.89 bits per heavy atom. The second-order valence-electron chi connectivity index (χ2n) is 4.23. The van der Waals surface area contributed by atoms with Crippen molar-refractivity contribution in [1.29, 1.82) is 0 Å². The molecular weight excluding hydrogens is 265 g/mol. The fourth-order valence-electron chi connectivity index (χ4n) is 2.03. The number of aromatic nitrogens is 2. The summed E-state index contributed by atoms with van der Waals surface area (Å²) < 4.78 is 13.4. The number of phenolic OH excluding ortho intramolecular Hbond substituents is 1. The van der Waals surface area contributed by atoms with Crippen LogP contribution in [0.15, 0.2) is 18.2 Å². The molecule has 19 heavy (non-hydrogen) atoms. The van der Waals surface area contributed by atoms with Crippen LogP contribution in [0.1, 0.15) is 11.3 Å². The van der Waals surface area contributed by atoms with Crippen molar-refractivity contribution >= 4 is 17.6 Å². The Hall–Kier alpha value is -1.82. The van der Waals surface area contributed by atoms with Crippen LogP contribution in [-0.4, -0.2) is 22.1 Å². The molecular formula is C13H12FN3OS. The lowest BCUT2D eigenvalue weighted by Gasteiger charge is -2.09. The Kier molecular flexibility index (Phi) is 3.02. The maximum Gasteiger partial charge on any atom is 0.165 e. The molecule has 6 heteroatoms. The minimum absolute atomic E-state index is 0.366. The number of nitrogens with one attached hydrogen (secondary N) is 1. The largest absolute Gasteiger partial charge is 0.505 e. The van der Waals surface area contributed by atoms with Crippen LogP contribution in [0.2, 0.25) is 0 Å². The number of thioether (sulfide) groups is 1. The number of anilines is 1. The third kappa shape index (κ3) is 2.12. The second kappa shape index (κ2) is 4.70. The first-order valence-corrected chi connectivity index (χ1v) is 6.98. The van der Waals surface area contributed by atoms with E-state index in [1.165, 1.54) is 12.1 Å². The summed E-state index contributed by atoms with van der Waals surface area (Å²) in [6.07, 6.45) is 0. The van der Waals surface area contributed by atoms with Crippen LogP contribution >= 0.6 is 11.8 Å². The number of aromatic hydroxyl groups is 1. The first-order valence-electron chi connectivity index (χ1n) is 5.83. The van der Waals surface area contributed by atoms with Crippen LogP contribution < -0.4 is 5.32 Å². The highest BCUT2D eigenvalue weighted by Gasteiger charge is 2.20. The van der Waals surface area contributed by atoms with Crippen molar-refractivity contribution in [2.75, 3.05) is 12.4 Å². The molecule has 1 aliphatic rings. The molecule has 3 rings (SSSR count). The van der Waals surface area contributed by atoms with Gasteiger partial charge < -0.3 is 10.4 Å². The molecule has 2 aromatic rings. The molecule has 0 amide bonds. The highest BCUT2D eigenvalue weighted by Crippen LogP contribution is 2.34. The van der Waals surface area contributed by atoms with Gasteiger partial charge in [0.05, 0.1) is 5.69 Å². The number of halogens is 1. The van der Waals surface area contributed by atoms with E-state index in [9.17, 15) is 9.50 Å². The topological polar surface area (TPSA) is 58.0 Å². The molecule has 0 bridgehead atoms. The van der Waals surface area contributed by atoms with E-state index in [0.717, 1.165) is 28.6 Å². The summed E-state index contributed by atoms with van der Waals surface area (Å²) in [5.74, 6) is 1.98. The fourth-order valence-corrected chi connectivity index (χ4v) is 3.07. The normalized spacial score (nSPS) is 13.4. The maximum absolute atomic E-state index is 13.4. The van der Waals surface area contributed by atoms with E-state index >= 15 is 0 Å². The van der Waals surface area contributed by atoms with Crippen molar-refractivity contribution < 1.29 is 9.50 Å². The van der Waals surface area contributed by atoms with Crippen molar-refractivity contribution in [2.45, 2.75) is 11.5 Å². The molecule has 2 N–H and O–H groups in total. The summed E-state index contributed by atoms with van der Waals surface area (Å²) in [5, 5.41) is 12.3. The summed E-state index contributed by atoms with van der Waals surface area (Å²) in [6.45, 7) is 0. The lowest BCUT2D eigenvalue weighted by atomic mass is 10.1. The van der Waals surface area contributed by atoms with Gasteiger partial charge in [-0.25, -0.2) is 14.4 Å². The molecule has 2 heterocycles. The average molecular weight is 277 g/mol. The van der Waals surface area contributed by atoms with E-state index in [0.29, 0.717) is 11.4 Å². The minimum Gasteiger partial charge on any atom is -0.505 e. The number of phenols is 1. The van der Waals surface area contributed by atoms with E-state index in [4.69, 9.17) is 0 Å². The predicted octanol–water partition coefficient (Wildman–Crippen LogP) is 2.78. The van der Waals surface area contributed by atoms with Crippen LogP contribution in [0.4, 0.5) is 10.2 Å². The average Bonchev–Trinajstić information content (AvgIpc) is 2.89. The van der Waals surface area contributed by atoms with Gasteiger partial charge in [-0.1, -0.05) is 0 Å². The van der Waals surface area contributed by atoms with Crippen molar-refractivity contribution in [3.05, 3.63) is 35.3 Å². The Morgan fingerprint density at radius 1 is 1.32 bits per heavy atom. The van der Waals surface area contributed by atoms with Gasteiger partial charge in [-0.15, -0.1) is 0 Å². The predicted molar refractivity (Wildman–Crippen MR) is 73.6 cm³/mol. The minimum atomic E-state index is -0.665. The van der Waals surface area contributed by atoms with Crippen molar-refractivity contribution in [3.63, 3.8) is 0 Å². The SMILES string of the molecule is CNc1nc(-c2ccc(O)c(F)c2)nc2c1CSC2. The molecule has 0 fully saturated rings. The first kappa shape index (κ1) is 12.2. The molecule has 0 atom stereocenters. The molecule has 98 valence electrons. The fraction of sp³-hybridized carbons (Fsp3) is 0.231. The van der Waals surface area contributed by atoms with Gasteiger partial charge in [0.25, 0.3) is 0 Å². The summed E-state index contributed by atoms with van der Waals surface area (Å²) in [5.41, 5.74) is 2.68. The summed E-state index contributed by atoms with van der Waals surface area (Å²) in [7, 11) is 1.81. The molecule has 1 aliphatic heterocycles. The van der Waals surface area contributed by atoms with E-state index in [-0.39, 0.29) is 5.75 Å². The Morgan fingerprint density at radius 2 is 2.16 bits per heavy atom. The van der Waals surface area contributed by atoms with Gasteiger partial charge in [-0.3, -0.25) is 0 Å². The molecule has 4 nitrogen and oxygen atoms in total. The van der Waals surface area contributed by atoms with Crippen LogP contribution in [0.25, 0.3) is 11.4 Å². The van der Waals surface area contributed by atoms with E-state index in [2.05, 4.69) is 15.3 Å². The molecule has 0 unspecified atom stereocenters. The summed E-state index contributed by atoms with van der Waals surface area (Å²) in [6, 6.07) is 4.18. The number of rotatable bonds is 2. The first-order chi connectivity index (χ1) is 9.19. The number of nitrogens with zero attached hydrogens (tertiary/aromatic N) is 2. The van der Waals surface area contributed by atoms with Gasteiger partial charge in [-0.2, -0.15) is 11.8 Å². The maximum atomic E-state index is 13.4. The lowest BCUT2D eigenvalue weighted by molar-refractivity contribution is 0.432. The molecule has 0 saturated carbocycles. The van der Waals surface area contributed by atoms with Crippen molar-refractivity contribution in [1.82, 2.24) is 9.97 Å². The Labute approximate surface area is 114 Å². The van der Waals surface area contributed by atoms with Crippen LogP contribution in [0.5, 0.6) is 5.75 Å². The van der Waals surface area contributed by atoms with Crippen LogP contribution in [0, 0.1) is 5.82 Å². The molecule has 1 aromatic carbocycles. The highest BCUT2D eigenvalue weighted by molar-refractivity contribution is 7.98. The zero-order valence-corrected chi connectivity index (χ0v) is 11.1. The lowest BCUT2D eigenvalue weighted by Crippen LogP contribution is -2.03. The zero-order chi connectivity index (χ0) is 13.4. The highest BCUT2D eigenvalue weighted by atomic mass is 32.2. The van der Waals surface area contributed by atoms with Crippen molar-refractivity contribution in [3.8, 4) is 17.1 Å². The van der Waals surface area contributed by atoms with Crippen LogP contribution in [-0.2, 0) is 11.5 Å². The number of hydrogen-bond donors (Lipinski definition) is 2.